The summed E-state index contributed by atoms with van der Waals surface area (Å²) in [6.45, 7) is 8.05. The Morgan fingerprint density at radius 1 is 1.05 bits per heavy atom. The Hall–Kier alpha value is -1.02. The monoisotopic (exact) mass is 274 g/mol. The maximum atomic E-state index is 3.63. The molecule has 0 aromatic heterocycles. The van der Waals surface area contributed by atoms with Crippen LogP contribution in [0.25, 0.3) is 0 Å². The molecule has 1 fully saturated rings. The van der Waals surface area contributed by atoms with E-state index in [0.717, 1.165) is 6.54 Å². The molecule has 2 rings (SSSR count). The fourth-order valence-electron chi connectivity index (χ4n) is 3.10. The van der Waals surface area contributed by atoms with Crippen molar-refractivity contribution in [3.8, 4) is 0 Å². The van der Waals surface area contributed by atoms with E-state index < -0.39 is 0 Å². The van der Waals surface area contributed by atoms with Crippen LogP contribution in [0.1, 0.15) is 64.0 Å². The van der Waals surface area contributed by atoms with Gasteiger partial charge in [0.25, 0.3) is 0 Å². The average molecular weight is 274 g/mol. The molecule has 0 amide bonds. The fraction of sp³-hybridized carbons (Fsp3) is 0.667. The lowest BCUT2D eigenvalue weighted by Gasteiger charge is -2.30. The summed E-state index contributed by atoms with van der Waals surface area (Å²) in [6, 6.07) is 9.40. The summed E-state index contributed by atoms with van der Waals surface area (Å²) in [5, 5.41) is 3.63. The molecule has 1 aromatic carbocycles. The molecule has 2 heteroatoms. The lowest BCUT2D eigenvalue weighted by molar-refractivity contribution is 0.545. The smallest absolute Gasteiger partial charge is 0.0414 e. The minimum absolute atomic E-state index is 0.441. The van der Waals surface area contributed by atoms with Crippen molar-refractivity contribution >= 4 is 5.69 Å². The fourth-order valence-corrected chi connectivity index (χ4v) is 3.10. The van der Waals surface area contributed by atoms with Crippen LogP contribution in [0.4, 0.5) is 5.69 Å². The normalized spacial score (nSPS) is 18.4. The zero-order chi connectivity index (χ0) is 14.2. The van der Waals surface area contributed by atoms with Crippen LogP contribution in [0.2, 0.25) is 0 Å². The number of para-hydroxylation sites is 1. The zero-order valence-electron chi connectivity index (χ0n) is 13.2. The molecule has 0 radical (unpaired) electrons. The van der Waals surface area contributed by atoms with Crippen molar-refractivity contribution < 1.29 is 0 Å². The number of anilines is 1. The van der Waals surface area contributed by atoms with Crippen LogP contribution < -0.4 is 10.2 Å². The highest BCUT2D eigenvalue weighted by Crippen LogP contribution is 2.28. The van der Waals surface area contributed by atoms with E-state index in [2.05, 4.69) is 48.3 Å². The van der Waals surface area contributed by atoms with Crippen LogP contribution in [0.15, 0.2) is 24.3 Å². The summed E-state index contributed by atoms with van der Waals surface area (Å²) in [5.74, 6) is 0. The predicted octanol–water partition coefficient (Wildman–Crippen LogP) is 4.52. The third-order valence-corrected chi connectivity index (χ3v) is 4.30. The summed E-state index contributed by atoms with van der Waals surface area (Å²) in [4.78, 5) is 2.61. The van der Waals surface area contributed by atoms with Gasteiger partial charge in [-0.05, 0) is 44.4 Å². The van der Waals surface area contributed by atoms with Crippen LogP contribution in [-0.4, -0.2) is 19.6 Å². The van der Waals surface area contributed by atoms with E-state index in [0.29, 0.717) is 6.04 Å². The predicted molar refractivity (Wildman–Crippen MR) is 88.4 cm³/mol. The number of rotatable bonds is 5. The van der Waals surface area contributed by atoms with E-state index in [9.17, 15) is 0 Å². The van der Waals surface area contributed by atoms with Gasteiger partial charge in [-0.2, -0.15) is 0 Å². The molecule has 1 aliphatic rings. The highest BCUT2D eigenvalue weighted by Gasteiger charge is 2.15. The average Bonchev–Trinajstić information content (AvgIpc) is 2.44. The number of benzene rings is 1. The van der Waals surface area contributed by atoms with E-state index in [-0.39, 0.29) is 0 Å². The second-order valence-electron chi connectivity index (χ2n) is 5.99. The Kier molecular flexibility index (Phi) is 6.38. The maximum Gasteiger partial charge on any atom is 0.0414 e. The van der Waals surface area contributed by atoms with Crippen molar-refractivity contribution in [3.63, 3.8) is 0 Å². The molecule has 2 nitrogen and oxygen atoms in total. The van der Waals surface area contributed by atoms with E-state index in [4.69, 9.17) is 0 Å². The van der Waals surface area contributed by atoms with Crippen molar-refractivity contribution in [2.45, 2.75) is 58.4 Å². The van der Waals surface area contributed by atoms with Crippen LogP contribution >= 0.6 is 0 Å². The number of nitrogens with one attached hydrogen (secondary N) is 1. The molecule has 0 spiro atoms. The van der Waals surface area contributed by atoms with Crippen molar-refractivity contribution in [1.29, 1.82) is 0 Å². The highest BCUT2D eigenvalue weighted by molar-refractivity contribution is 5.55. The van der Waals surface area contributed by atoms with Gasteiger partial charge in [-0.3, -0.25) is 0 Å². The standard InChI is InChI=1S/C18H30N2/c1-3-13-19-16(2)17-11-7-8-12-18(17)20-14-9-5-4-6-10-15-20/h7-8,11-12,16,19H,3-6,9-10,13-15H2,1-2H3. The minimum Gasteiger partial charge on any atom is -0.371 e. The van der Waals surface area contributed by atoms with Gasteiger partial charge in [0, 0.05) is 24.8 Å². The van der Waals surface area contributed by atoms with Gasteiger partial charge in [0.15, 0.2) is 0 Å². The molecule has 0 bridgehead atoms. The third-order valence-electron chi connectivity index (χ3n) is 4.30. The summed E-state index contributed by atoms with van der Waals surface area (Å²) in [6.07, 6.45) is 8.07. The SMILES string of the molecule is CCCNC(C)c1ccccc1N1CCCCCCC1. The quantitative estimate of drug-likeness (QED) is 0.849. The molecule has 1 unspecified atom stereocenters. The Balaban J connectivity index is 2.12. The van der Waals surface area contributed by atoms with Gasteiger partial charge in [0.1, 0.15) is 0 Å². The molecule has 1 atom stereocenters. The van der Waals surface area contributed by atoms with Gasteiger partial charge in [-0.25, -0.2) is 0 Å². The molecular formula is C18H30N2. The van der Waals surface area contributed by atoms with Crippen LogP contribution in [0, 0.1) is 0 Å². The summed E-state index contributed by atoms with van der Waals surface area (Å²) in [5.41, 5.74) is 2.91. The second-order valence-corrected chi connectivity index (χ2v) is 5.99. The van der Waals surface area contributed by atoms with Crippen molar-refractivity contribution in [2.24, 2.45) is 0 Å². The minimum atomic E-state index is 0.441. The van der Waals surface area contributed by atoms with Gasteiger partial charge in [0.05, 0.1) is 0 Å². The molecule has 0 aliphatic carbocycles. The van der Waals surface area contributed by atoms with Crippen LogP contribution in [0.3, 0.4) is 0 Å². The number of nitrogens with zero attached hydrogens (tertiary/aromatic N) is 1. The molecule has 20 heavy (non-hydrogen) atoms. The van der Waals surface area contributed by atoms with Gasteiger partial charge in [-0.1, -0.05) is 44.4 Å². The van der Waals surface area contributed by atoms with E-state index in [1.54, 1.807) is 0 Å². The molecule has 1 aromatic rings. The Bertz CT molecular complexity index is 381. The van der Waals surface area contributed by atoms with Crippen molar-refractivity contribution in [1.82, 2.24) is 5.32 Å². The Morgan fingerprint density at radius 2 is 1.70 bits per heavy atom. The Labute approximate surface area is 124 Å². The molecule has 1 heterocycles. The summed E-state index contributed by atoms with van der Waals surface area (Å²) in [7, 11) is 0. The first-order valence-electron chi connectivity index (χ1n) is 8.40. The third kappa shape index (κ3) is 4.24. The molecule has 1 aliphatic heterocycles. The first-order chi connectivity index (χ1) is 9.83. The number of hydrogen-bond acceptors (Lipinski definition) is 2. The largest absolute Gasteiger partial charge is 0.371 e. The van der Waals surface area contributed by atoms with Gasteiger partial charge in [-0.15, -0.1) is 0 Å². The van der Waals surface area contributed by atoms with E-state index in [1.807, 2.05) is 0 Å². The molecule has 1 saturated heterocycles. The molecule has 112 valence electrons. The summed E-state index contributed by atoms with van der Waals surface area (Å²) < 4.78 is 0. The van der Waals surface area contributed by atoms with Gasteiger partial charge < -0.3 is 10.2 Å². The topological polar surface area (TPSA) is 15.3 Å². The lowest BCUT2D eigenvalue weighted by atomic mass is 10.0. The molecular weight excluding hydrogens is 244 g/mol. The van der Waals surface area contributed by atoms with Crippen molar-refractivity contribution in [3.05, 3.63) is 29.8 Å². The Morgan fingerprint density at radius 3 is 2.40 bits per heavy atom. The highest BCUT2D eigenvalue weighted by atomic mass is 15.1. The second kappa shape index (κ2) is 8.31. The first-order valence-corrected chi connectivity index (χ1v) is 8.40. The maximum absolute atomic E-state index is 3.63. The van der Waals surface area contributed by atoms with Gasteiger partial charge >= 0.3 is 0 Å². The first kappa shape index (κ1) is 15.4. The molecule has 1 N–H and O–H groups in total. The van der Waals surface area contributed by atoms with E-state index in [1.165, 1.54) is 62.9 Å². The van der Waals surface area contributed by atoms with Crippen LogP contribution in [-0.2, 0) is 0 Å². The van der Waals surface area contributed by atoms with Crippen molar-refractivity contribution in [2.75, 3.05) is 24.5 Å². The lowest BCUT2D eigenvalue weighted by Crippen LogP contribution is -2.29. The zero-order valence-corrected chi connectivity index (χ0v) is 13.2. The summed E-state index contributed by atoms with van der Waals surface area (Å²) >= 11 is 0. The van der Waals surface area contributed by atoms with E-state index >= 15 is 0 Å². The number of hydrogen-bond donors (Lipinski definition) is 1. The van der Waals surface area contributed by atoms with Gasteiger partial charge in [0.2, 0.25) is 0 Å². The van der Waals surface area contributed by atoms with Crippen LogP contribution in [0.5, 0.6) is 0 Å². The molecule has 0 saturated carbocycles.